The summed E-state index contributed by atoms with van der Waals surface area (Å²) in [4.78, 5) is 21.6. The number of carboxylic acid groups (broad SMARTS) is 1. The van der Waals surface area contributed by atoms with Gasteiger partial charge in [0, 0.05) is 17.3 Å². The van der Waals surface area contributed by atoms with Gasteiger partial charge in [0.2, 0.25) is 5.91 Å². The van der Waals surface area contributed by atoms with Crippen LogP contribution in [0.3, 0.4) is 0 Å². The largest absolute Gasteiger partial charge is 0.481 e. The minimum absolute atomic E-state index is 0.160. The fraction of sp³-hybridized carbons (Fsp3) is 0.333. The lowest BCUT2D eigenvalue weighted by atomic mass is 10.1. The molecule has 0 unspecified atom stereocenters. The SMILES string of the molecule is O=C(O)C[S@](=O)CC(=O)NCc1cccc(C(F)(F)F)c1. The first-order chi connectivity index (χ1) is 9.68. The van der Waals surface area contributed by atoms with Crippen LogP contribution in [0.15, 0.2) is 24.3 Å². The maximum Gasteiger partial charge on any atom is 0.416 e. The molecule has 2 N–H and O–H groups in total. The van der Waals surface area contributed by atoms with Crippen molar-refractivity contribution in [1.82, 2.24) is 5.32 Å². The van der Waals surface area contributed by atoms with Crippen molar-refractivity contribution in [2.45, 2.75) is 12.7 Å². The molecular weight excluding hydrogens is 311 g/mol. The van der Waals surface area contributed by atoms with Crippen molar-refractivity contribution in [3.05, 3.63) is 35.4 Å². The molecule has 0 fully saturated rings. The van der Waals surface area contributed by atoms with Crippen molar-refractivity contribution in [3.8, 4) is 0 Å². The standard InChI is InChI=1S/C12H12F3NO4S/c13-12(14,15)9-3-1-2-8(4-9)5-16-10(17)6-21(20)7-11(18)19/h1-4H,5-7H2,(H,16,17)(H,18,19)/t21-/m1/s1. The van der Waals surface area contributed by atoms with Crippen molar-refractivity contribution in [2.75, 3.05) is 11.5 Å². The highest BCUT2D eigenvalue weighted by atomic mass is 32.2. The summed E-state index contributed by atoms with van der Waals surface area (Å²) < 4.78 is 48.6. The lowest BCUT2D eigenvalue weighted by Gasteiger charge is -2.09. The summed E-state index contributed by atoms with van der Waals surface area (Å²) in [5, 5.41) is 10.7. The zero-order valence-corrected chi connectivity index (χ0v) is 11.5. The topological polar surface area (TPSA) is 83.5 Å². The Kier molecular flexibility index (Phi) is 5.89. The maximum atomic E-state index is 12.5. The summed E-state index contributed by atoms with van der Waals surface area (Å²) in [6, 6.07) is 4.43. The van der Waals surface area contributed by atoms with Crippen LogP contribution in [0.5, 0.6) is 0 Å². The number of benzene rings is 1. The van der Waals surface area contributed by atoms with Crippen LogP contribution < -0.4 is 5.32 Å². The fourth-order valence-electron chi connectivity index (χ4n) is 1.44. The van der Waals surface area contributed by atoms with E-state index in [1.807, 2.05) is 0 Å². The number of nitrogens with one attached hydrogen (secondary N) is 1. The van der Waals surface area contributed by atoms with Crippen LogP contribution >= 0.6 is 0 Å². The third kappa shape index (κ3) is 6.39. The lowest BCUT2D eigenvalue weighted by Crippen LogP contribution is -2.29. The summed E-state index contributed by atoms with van der Waals surface area (Å²) in [5.41, 5.74) is -0.592. The van der Waals surface area contributed by atoms with Gasteiger partial charge in [-0.25, -0.2) is 0 Å². The Balaban J connectivity index is 2.54. The van der Waals surface area contributed by atoms with E-state index >= 15 is 0 Å². The number of alkyl halides is 3. The van der Waals surface area contributed by atoms with Gasteiger partial charge in [0.25, 0.3) is 0 Å². The molecule has 0 aliphatic carbocycles. The van der Waals surface area contributed by atoms with Gasteiger partial charge >= 0.3 is 12.1 Å². The van der Waals surface area contributed by atoms with Crippen molar-refractivity contribution in [2.24, 2.45) is 0 Å². The third-order valence-corrected chi connectivity index (χ3v) is 3.47. The average Bonchev–Trinajstić information content (AvgIpc) is 2.34. The molecule has 116 valence electrons. The molecule has 0 saturated heterocycles. The molecule has 0 aliphatic rings. The normalized spacial score (nSPS) is 12.7. The lowest BCUT2D eigenvalue weighted by molar-refractivity contribution is -0.137. The van der Waals surface area contributed by atoms with E-state index in [2.05, 4.69) is 5.32 Å². The minimum Gasteiger partial charge on any atom is -0.481 e. The van der Waals surface area contributed by atoms with Gasteiger partial charge in [0.05, 0.1) is 5.56 Å². The number of rotatable bonds is 6. The van der Waals surface area contributed by atoms with E-state index in [0.717, 1.165) is 12.1 Å². The molecule has 21 heavy (non-hydrogen) atoms. The first-order valence-corrected chi connectivity index (χ1v) is 7.17. The number of carbonyl (C=O) groups is 2. The summed E-state index contributed by atoms with van der Waals surface area (Å²) in [5.74, 6) is -3.14. The second-order valence-electron chi connectivity index (χ2n) is 4.10. The number of hydrogen-bond donors (Lipinski definition) is 2. The third-order valence-electron chi connectivity index (χ3n) is 2.32. The molecule has 1 atom stereocenters. The van der Waals surface area contributed by atoms with Gasteiger partial charge in [-0.2, -0.15) is 13.2 Å². The van der Waals surface area contributed by atoms with E-state index in [9.17, 15) is 27.0 Å². The molecule has 0 bridgehead atoms. The van der Waals surface area contributed by atoms with Gasteiger partial charge in [-0.05, 0) is 17.7 Å². The molecule has 0 radical (unpaired) electrons. The molecule has 0 spiro atoms. The number of aliphatic carboxylic acids is 1. The van der Waals surface area contributed by atoms with Crippen molar-refractivity contribution in [3.63, 3.8) is 0 Å². The van der Waals surface area contributed by atoms with Crippen LogP contribution in [0.25, 0.3) is 0 Å². The number of carbonyl (C=O) groups excluding carboxylic acids is 1. The molecule has 1 aromatic carbocycles. The Bertz CT molecular complexity index is 560. The van der Waals surface area contributed by atoms with Crippen molar-refractivity contribution in [1.29, 1.82) is 0 Å². The molecule has 0 saturated carbocycles. The van der Waals surface area contributed by atoms with E-state index in [1.165, 1.54) is 12.1 Å². The van der Waals surface area contributed by atoms with E-state index in [-0.39, 0.29) is 12.1 Å². The second-order valence-corrected chi connectivity index (χ2v) is 5.55. The van der Waals surface area contributed by atoms with Crippen LogP contribution in [0.1, 0.15) is 11.1 Å². The van der Waals surface area contributed by atoms with Gasteiger partial charge in [0.15, 0.2) is 0 Å². The molecule has 1 amide bonds. The first-order valence-electron chi connectivity index (χ1n) is 5.68. The molecule has 0 aliphatic heterocycles. The van der Waals surface area contributed by atoms with E-state index in [1.54, 1.807) is 0 Å². The number of halogens is 3. The molecule has 9 heteroatoms. The van der Waals surface area contributed by atoms with Gasteiger partial charge in [-0.1, -0.05) is 12.1 Å². The van der Waals surface area contributed by atoms with E-state index in [0.29, 0.717) is 0 Å². The van der Waals surface area contributed by atoms with Crippen LogP contribution in [0.4, 0.5) is 13.2 Å². The van der Waals surface area contributed by atoms with Gasteiger partial charge in [0.1, 0.15) is 11.5 Å². The van der Waals surface area contributed by atoms with Gasteiger partial charge in [-0.15, -0.1) is 0 Å². The van der Waals surface area contributed by atoms with Crippen molar-refractivity contribution < 1.29 is 32.1 Å². The summed E-state index contributed by atoms with van der Waals surface area (Å²) in [6.07, 6.45) is -4.47. The monoisotopic (exact) mass is 323 g/mol. The highest BCUT2D eigenvalue weighted by Gasteiger charge is 2.30. The van der Waals surface area contributed by atoms with Crippen LogP contribution in [-0.4, -0.2) is 32.7 Å². The van der Waals surface area contributed by atoms with Crippen LogP contribution in [-0.2, 0) is 33.1 Å². The zero-order chi connectivity index (χ0) is 16.0. The second kappa shape index (κ2) is 7.21. The number of amides is 1. The molecular formula is C12H12F3NO4S. The Labute approximate surface area is 120 Å². The molecule has 1 rings (SSSR count). The molecule has 1 aromatic rings. The maximum absolute atomic E-state index is 12.5. The molecule has 0 aromatic heterocycles. The summed E-state index contributed by atoms with van der Waals surface area (Å²) in [7, 11) is -1.85. The Morgan fingerprint density at radius 1 is 1.24 bits per heavy atom. The number of carboxylic acids is 1. The van der Waals surface area contributed by atoms with E-state index in [4.69, 9.17) is 5.11 Å². The highest BCUT2D eigenvalue weighted by Crippen LogP contribution is 2.29. The predicted octanol–water partition coefficient (Wildman–Crippen LogP) is 1.15. The van der Waals surface area contributed by atoms with Gasteiger partial charge in [-0.3, -0.25) is 13.8 Å². The zero-order valence-electron chi connectivity index (χ0n) is 10.6. The van der Waals surface area contributed by atoms with E-state index < -0.39 is 45.9 Å². The molecule has 5 nitrogen and oxygen atoms in total. The smallest absolute Gasteiger partial charge is 0.416 e. The Hall–Kier alpha value is -1.90. The van der Waals surface area contributed by atoms with Crippen molar-refractivity contribution >= 4 is 22.7 Å². The average molecular weight is 323 g/mol. The fourth-order valence-corrected chi connectivity index (χ4v) is 2.22. The summed E-state index contributed by atoms with van der Waals surface area (Å²) in [6.45, 7) is -0.160. The minimum atomic E-state index is -4.47. The highest BCUT2D eigenvalue weighted by molar-refractivity contribution is 7.86. The van der Waals surface area contributed by atoms with Gasteiger partial charge < -0.3 is 10.4 Å². The Morgan fingerprint density at radius 3 is 2.48 bits per heavy atom. The predicted molar refractivity (Wildman–Crippen MR) is 68.8 cm³/mol. The number of hydrogen-bond acceptors (Lipinski definition) is 3. The van der Waals surface area contributed by atoms with Crippen LogP contribution in [0.2, 0.25) is 0 Å². The quantitative estimate of drug-likeness (QED) is 0.823. The molecule has 0 heterocycles. The summed E-state index contributed by atoms with van der Waals surface area (Å²) >= 11 is 0. The van der Waals surface area contributed by atoms with Crippen LogP contribution in [0, 0.1) is 0 Å². The first kappa shape index (κ1) is 17.2. The Morgan fingerprint density at radius 2 is 1.90 bits per heavy atom.